The van der Waals surface area contributed by atoms with E-state index in [-0.39, 0.29) is 6.42 Å². The van der Waals surface area contributed by atoms with E-state index in [1.807, 2.05) is 0 Å². The summed E-state index contributed by atoms with van der Waals surface area (Å²) in [5, 5.41) is 43.6. The summed E-state index contributed by atoms with van der Waals surface area (Å²) >= 11 is 0. The lowest BCUT2D eigenvalue weighted by Gasteiger charge is -2.20. The Balaban J connectivity index is 3.83. The van der Waals surface area contributed by atoms with Gasteiger partial charge in [-0.1, -0.05) is 0 Å². The molecule has 1 unspecified atom stereocenters. The van der Waals surface area contributed by atoms with E-state index >= 15 is 0 Å². The van der Waals surface area contributed by atoms with Gasteiger partial charge in [0.25, 0.3) is 0 Å². The summed E-state index contributed by atoms with van der Waals surface area (Å²) in [6.07, 6.45) is -4.74. The molecule has 5 nitrogen and oxygen atoms in total. The van der Waals surface area contributed by atoms with Gasteiger partial charge >= 0.3 is 0 Å². The van der Waals surface area contributed by atoms with E-state index in [0.29, 0.717) is 0 Å². The largest absolute Gasteiger partial charge is 0.396 e. The molecule has 0 aromatic rings. The van der Waals surface area contributed by atoms with Gasteiger partial charge in [-0.2, -0.15) is 0 Å². The normalized spacial score (nSPS) is 23.5. The standard InChI is InChI=1S/C6H14O5/c7-2-1-4(9)6(11)5(10)3-8/h4-11H,1-3H2/t4-,5-,6+/m1/s1/i2D/t2?,4-,5-,6+. The smallest absolute Gasteiger partial charge is 0.108 e. The first kappa shape index (κ1) is 8.89. The van der Waals surface area contributed by atoms with Gasteiger partial charge in [-0.25, -0.2) is 0 Å². The maximum Gasteiger partial charge on any atom is 0.108 e. The van der Waals surface area contributed by atoms with Crippen LogP contribution in [0.5, 0.6) is 0 Å². The highest BCUT2D eigenvalue weighted by Gasteiger charge is 2.22. The fraction of sp³-hybridized carbons (Fsp3) is 1.00. The summed E-state index contributed by atoms with van der Waals surface area (Å²) in [7, 11) is 0. The van der Waals surface area contributed by atoms with Gasteiger partial charge in [-0.3, -0.25) is 0 Å². The highest BCUT2D eigenvalue weighted by atomic mass is 16.4. The van der Waals surface area contributed by atoms with Crippen LogP contribution in [0.2, 0.25) is 0 Å². The third kappa shape index (κ3) is 3.64. The number of aliphatic hydroxyl groups excluding tert-OH is 5. The molecule has 0 aliphatic heterocycles. The minimum absolute atomic E-state index is 0.363. The third-order valence-corrected chi connectivity index (χ3v) is 1.32. The fourth-order valence-electron chi connectivity index (χ4n) is 0.612. The molecule has 68 valence electrons. The van der Waals surface area contributed by atoms with Crippen molar-refractivity contribution in [1.82, 2.24) is 0 Å². The van der Waals surface area contributed by atoms with Crippen LogP contribution in [0, 0.1) is 0 Å². The monoisotopic (exact) mass is 167 g/mol. The second-order valence-electron chi connectivity index (χ2n) is 2.23. The molecule has 0 rings (SSSR count). The lowest BCUT2D eigenvalue weighted by atomic mass is 10.1. The predicted molar refractivity (Wildman–Crippen MR) is 36.8 cm³/mol. The minimum atomic E-state index is -1.53. The second-order valence-corrected chi connectivity index (χ2v) is 2.23. The van der Waals surface area contributed by atoms with Crippen LogP contribution < -0.4 is 0 Å². The first-order chi connectivity index (χ1) is 5.49. The summed E-state index contributed by atoms with van der Waals surface area (Å²) in [4.78, 5) is 0. The fourth-order valence-corrected chi connectivity index (χ4v) is 0.612. The van der Waals surface area contributed by atoms with E-state index in [2.05, 4.69) is 0 Å². The Morgan fingerprint density at radius 1 is 1.09 bits per heavy atom. The van der Waals surface area contributed by atoms with Gasteiger partial charge in [-0.15, -0.1) is 0 Å². The number of hydrogen-bond donors (Lipinski definition) is 5. The van der Waals surface area contributed by atoms with Crippen LogP contribution in [0.25, 0.3) is 0 Å². The lowest BCUT2D eigenvalue weighted by molar-refractivity contribution is -0.0813. The summed E-state index contributed by atoms with van der Waals surface area (Å²) in [6.45, 7) is -2.17. The van der Waals surface area contributed by atoms with Crippen LogP contribution in [0.15, 0.2) is 0 Å². The Labute approximate surface area is 65.9 Å². The quantitative estimate of drug-likeness (QED) is 0.310. The van der Waals surface area contributed by atoms with E-state index in [1.165, 1.54) is 0 Å². The molecule has 4 atom stereocenters. The molecule has 0 spiro atoms. The SMILES string of the molecule is [2H]C(O)C[C@@H](O)[C@H](O)[C@H](O)CO. The predicted octanol–water partition coefficient (Wildman–Crippen LogP) is -2.56. The molecule has 5 heteroatoms. The summed E-state index contributed by atoms with van der Waals surface area (Å²) in [5.41, 5.74) is 0. The average molecular weight is 167 g/mol. The van der Waals surface area contributed by atoms with Crippen molar-refractivity contribution in [3.05, 3.63) is 0 Å². The first-order valence-corrected chi connectivity index (χ1v) is 3.24. The van der Waals surface area contributed by atoms with Gasteiger partial charge in [0, 0.05) is 6.58 Å². The molecule has 0 heterocycles. The third-order valence-electron chi connectivity index (χ3n) is 1.32. The van der Waals surface area contributed by atoms with Crippen molar-refractivity contribution in [1.29, 1.82) is 0 Å². The van der Waals surface area contributed by atoms with Crippen molar-refractivity contribution in [2.45, 2.75) is 24.7 Å². The van der Waals surface area contributed by atoms with Crippen LogP contribution >= 0.6 is 0 Å². The molecular weight excluding hydrogens is 152 g/mol. The zero-order chi connectivity index (χ0) is 9.72. The maximum absolute atomic E-state index is 8.99. The summed E-state index contributed by atoms with van der Waals surface area (Å²) in [5.74, 6) is 0. The zero-order valence-corrected chi connectivity index (χ0v) is 5.96. The molecule has 0 radical (unpaired) electrons. The molecule has 0 saturated carbocycles. The van der Waals surface area contributed by atoms with Gasteiger partial charge in [0.05, 0.1) is 14.1 Å². The van der Waals surface area contributed by atoms with E-state index in [9.17, 15) is 0 Å². The van der Waals surface area contributed by atoms with Crippen molar-refractivity contribution in [2.24, 2.45) is 0 Å². The maximum atomic E-state index is 8.99. The summed E-state index contributed by atoms with van der Waals surface area (Å²) < 4.78 is 6.64. The Kier molecular flexibility index (Phi) is 4.41. The van der Waals surface area contributed by atoms with Crippen LogP contribution in [0.1, 0.15) is 7.79 Å². The topological polar surface area (TPSA) is 101 Å². The van der Waals surface area contributed by atoms with Gasteiger partial charge in [-0.05, 0) is 6.42 Å². The van der Waals surface area contributed by atoms with Crippen molar-refractivity contribution < 1.29 is 26.9 Å². The Morgan fingerprint density at radius 3 is 2.00 bits per heavy atom. The molecule has 0 fully saturated rings. The van der Waals surface area contributed by atoms with Crippen LogP contribution in [-0.4, -0.2) is 57.0 Å². The Bertz CT molecular complexity index is 121. The van der Waals surface area contributed by atoms with Gasteiger partial charge in [0.1, 0.15) is 12.2 Å². The molecular formula is C6H14O5. The molecule has 0 amide bonds. The highest BCUT2D eigenvalue weighted by Crippen LogP contribution is 2.02. The van der Waals surface area contributed by atoms with Crippen molar-refractivity contribution in [3.8, 4) is 0 Å². The molecule has 0 aliphatic rings. The Hall–Kier alpha value is -0.200. The van der Waals surface area contributed by atoms with Crippen LogP contribution in [0.3, 0.4) is 0 Å². The minimum Gasteiger partial charge on any atom is -0.396 e. The number of hydrogen-bond acceptors (Lipinski definition) is 5. The highest BCUT2D eigenvalue weighted by molar-refractivity contribution is 4.73. The van der Waals surface area contributed by atoms with E-state index in [0.717, 1.165) is 0 Å². The van der Waals surface area contributed by atoms with E-state index < -0.39 is 31.5 Å². The van der Waals surface area contributed by atoms with E-state index in [1.54, 1.807) is 0 Å². The summed E-state index contributed by atoms with van der Waals surface area (Å²) in [6, 6.07) is 0. The number of rotatable bonds is 5. The average Bonchev–Trinajstić information content (AvgIpc) is 2.00. The molecule has 0 saturated heterocycles. The first-order valence-electron chi connectivity index (χ1n) is 3.82. The van der Waals surface area contributed by atoms with Crippen molar-refractivity contribution in [2.75, 3.05) is 13.2 Å². The molecule has 0 aliphatic carbocycles. The van der Waals surface area contributed by atoms with Gasteiger partial charge in [0.2, 0.25) is 0 Å². The molecule has 0 bridgehead atoms. The zero-order valence-electron chi connectivity index (χ0n) is 6.96. The van der Waals surface area contributed by atoms with Gasteiger partial charge in [0.15, 0.2) is 0 Å². The van der Waals surface area contributed by atoms with E-state index in [4.69, 9.17) is 26.9 Å². The Morgan fingerprint density at radius 2 is 1.64 bits per heavy atom. The molecule has 5 N–H and O–H groups in total. The number of aliphatic hydroxyl groups is 5. The molecule has 0 aromatic carbocycles. The molecule has 0 aromatic heterocycles. The van der Waals surface area contributed by atoms with Crippen LogP contribution in [-0.2, 0) is 0 Å². The van der Waals surface area contributed by atoms with Gasteiger partial charge < -0.3 is 25.5 Å². The second kappa shape index (κ2) is 5.45. The molecule has 11 heavy (non-hydrogen) atoms. The lowest BCUT2D eigenvalue weighted by Crippen LogP contribution is -2.39. The van der Waals surface area contributed by atoms with Crippen LogP contribution in [0.4, 0.5) is 0 Å². The van der Waals surface area contributed by atoms with Crippen molar-refractivity contribution >= 4 is 0 Å². The van der Waals surface area contributed by atoms with Crippen molar-refractivity contribution in [3.63, 3.8) is 0 Å².